The number of hydrogen-bond acceptors (Lipinski definition) is 3. The van der Waals surface area contributed by atoms with E-state index in [0.29, 0.717) is 40.3 Å². The number of allylic oxidation sites excluding steroid dienone is 1. The second kappa shape index (κ2) is 10.2. The maximum atomic E-state index is 9.60. The highest BCUT2D eigenvalue weighted by Crippen LogP contribution is 2.31. The van der Waals surface area contributed by atoms with Gasteiger partial charge in [-0.1, -0.05) is 65.2 Å². The predicted molar refractivity (Wildman–Crippen MR) is 123 cm³/mol. The van der Waals surface area contributed by atoms with E-state index in [0.717, 1.165) is 22.3 Å². The van der Waals surface area contributed by atoms with E-state index < -0.39 is 0 Å². The van der Waals surface area contributed by atoms with E-state index in [9.17, 15) is 5.26 Å². The monoisotopic (exact) mass is 437 g/mol. The third-order valence-corrected chi connectivity index (χ3v) is 5.18. The van der Waals surface area contributed by atoms with Crippen LogP contribution < -0.4 is 9.47 Å². The Hall–Kier alpha value is -2.93. The lowest BCUT2D eigenvalue weighted by Crippen LogP contribution is -2.00. The van der Waals surface area contributed by atoms with Crippen molar-refractivity contribution >= 4 is 34.9 Å². The van der Waals surface area contributed by atoms with Crippen LogP contribution in [-0.4, -0.2) is 6.61 Å². The van der Waals surface area contributed by atoms with E-state index in [2.05, 4.69) is 6.07 Å². The molecular weight excluding hydrogens is 417 g/mol. The van der Waals surface area contributed by atoms with Gasteiger partial charge in [0.15, 0.2) is 11.5 Å². The van der Waals surface area contributed by atoms with Crippen LogP contribution >= 0.6 is 23.2 Å². The summed E-state index contributed by atoms with van der Waals surface area (Å²) in [6.07, 6.45) is 1.84. The van der Waals surface area contributed by atoms with Crippen molar-refractivity contribution in [2.45, 2.75) is 20.5 Å². The van der Waals surface area contributed by atoms with Crippen molar-refractivity contribution in [2.24, 2.45) is 0 Å². The first-order chi connectivity index (χ1) is 14.5. The summed E-state index contributed by atoms with van der Waals surface area (Å²) in [6.45, 7) is 4.77. The molecule has 0 aliphatic rings. The Morgan fingerprint density at radius 1 is 0.933 bits per heavy atom. The first kappa shape index (κ1) is 21.8. The number of nitriles is 1. The highest BCUT2D eigenvalue weighted by Gasteiger charge is 2.09. The Morgan fingerprint density at radius 2 is 1.70 bits per heavy atom. The molecule has 0 amide bonds. The van der Waals surface area contributed by atoms with Crippen LogP contribution in [-0.2, 0) is 6.61 Å². The Bertz CT molecular complexity index is 1100. The van der Waals surface area contributed by atoms with Crippen molar-refractivity contribution in [3.05, 3.63) is 93.0 Å². The molecule has 152 valence electrons. The summed E-state index contributed by atoms with van der Waals surface area (Å²) in [4.78, 5) is 0. The molecule has 5 heteroatoms. The molecule has 0 aromatic heterocycles. The molecule has 0 saturated heterocycles. The summed E-state index contributed by atoms with van der Waals surface area (Å²) >= 11 is 12.0. The second-order valence-electron chi connectivity index (χ2n) is 6.71. The van der Waals surface area contributed by atoms with Crippen LogP contribution in [0.25, 0.3) is 11.6 Å². The molecule has 30 heavy (non-hydrogen) atoms. The lowest BCUT2D eigenvalue weighted by molar-refractivity contribution is 0.269. The van der Waals surface area contributed by atoms with Gasteiger partial charge < -0.3 is 9.47 Å². The summed E-state index contributed by atoms with van der Waals surface area (Å²) in [5.74, 6) is 1.24. The van der Waals surface area contributed by atoms with E-state index >= 15 is 0 Å². The van der Waals surface area contributed by atoms with E-state index in [-0.39, 0.29) is 0 Å². The van der Waals surface area contributed by atoms with Crippen molar-refractivity contribution in [1.29, 1.82) is 5.26 Å². The number of rotatable bonds is 7. The molecule has 0 bridgehead atoms. The zero-order chi connectivity index (χ0) is 21.5. The molecule has 0 N–H and O–H groups in total. The molecule has 0 spiro atoms. The van der Waals surface area contributed by atoms with Gasteiger partial charge in [-0.15, -0.1) is 0 Å². The third-order valence-electron chi connectivity index (χ3n) is 4.44. The fourth-order valence-corrected chi connectivity index (χ4v) is 3.19. The Morgan fingerprint density at radius 3 is 2.37 bits per heavy atom. The zero-order valence-electron chi connectivity index (χ0n) is 16.8. The largest absolute Gasteiger partial charge is 0.490 e. The summed E-state index contributed by atoms with van der Waals surface area (Å²) < 4.78 is 11.7. The van der Waals surface area contributed by atoms with Crippen LogP contribution in [0.5, 0.6) is 11.5 Å². The Balaban J connectivity index is 1.84. The van der Waals surface area contributed by atoms with Crippen LogP contribution in [0.2, 0.25) is 10.0 Å². The second-order valence-corrected chi connectivity index (χ2v) is 7.53. The van der Waals surface area contributed by atoms with E-state index in [1.165, 1.54) is 0 Å². The molecule has 0 unspecified atom stereocenters. The highest BCUT2D eigenvalue weighted by atomic mass is 35.5. The molecule has 0 fully saturated rings. The van der Waals surface area contributed by atoms with Gasteiger partial charge in [0.2, 0.25) is 0 Å². The van der Waals surface area contributed by atoms with Gasteiger partial charge >= 0.3 is 0 Å². The van der Waals surface area contributed by atoms with Crippen LogP contribution in [0, 0.1) is 18.3 Å². The standard InChI is InChI=1S/C25H21Cl2NO2/c1-3-29-25-14-18(12-21(15-28)20-8-4-17(2)5-9-20)7-11-24(25)30-16-19-6-10-22(26)23(27)13-19/h4-14H,3,16H2,1-2H3/b21-12-. The number of ether oxygens (including phenoxy) is 2. The maximum absolute atomic E-state index is 9.60. The first-order valence-corrected chi connectivity index (χ1v) is 10.3. The first-order valence-electron chi connectivity index (χ1n) is 9.52. The Kier molecular flexibility index (Phi) is 7.41. The minimum absolute atomic E-state index is 0.332. The predicted octanol–water partition coefficient (Wildman–Crippen LogP) is 7.34. The molecule has 3 nitrogen and oxygen atoms in total. The molecule has 0 aliphatic carbocycles. The fourth-order valence-electron chi connectivity index (χ4n) is 2.87. The zero-order valence-corrected chi connectivity index (χ0v) is 18.3. The smallest absolute Gasteiger partial charge is 0.161 e. The highest BCUT2D eigenvalue weighted by molar-refractivity contribution is 6.42. The molecule has 0 atom stereocenters. The maximum Gasteiger partial charge on any atom is 0.161 e. The van der Waals surface area contributed by atoms with E-state index in [1.807, 2.05) is 68.5 Å². The van der Waals surface area contributed by atoms with Gasteiger partial charge in [0, 0.05) is 0 Å². The lowest BCUT2D eigenvalue weighted by atomic mass is 10.0. The summed E-state index contributed by atoms with van der Waals surface area (Å²) in [6, 6.07) is 21.2. The van der Waals surface area contributed by atoms with E-state index in [4.69, 9.17) is 32.7 Å². The van der Waals surface area contributed by atoms with Gasteiger partial charge in [0.05, 0.1) is 28.3 Å². The molecule has 0 heterocycles. The average molecular weight is 438 g/mol. The summed E-state index contributed by atoms with van der Waals surface area (Å²) in [7, 11) is 0. The van der Waals surface area contributed by atoms with Crippen LogP contribution in [0.4, 0.5) is 0 Å². The van der Waals surface area contributed by atoms with Crippen LogP contribution in [0.15, 0.2) is 60.7 Å². The lowest BCUT2D eigenvalue weighted by Gasteiger charge is -2.13. The number of aryl methyl sites for hydroxylation is 1. The number of nitrogens with zero attached hydrogens (tertiary/aromatic N) is 1. The third kappa shape index (κ3) is 5.57. The molecular formula is C25H21Cl2NO2. The number of hydrogen-bond donors (Lipinski definition) is 0. The Labute approximate surface area is 187 Å². The number of benzene rings is 3. The van der Waals surface area contributed by atoms with Crippen molar-refractivity contribution in [2.75, 3.05) is 6.61 Å². The molecule has 3 aromatic rings. The minimum Gasteiger partial charge on any atom is -0.490 e. The fraction of sp³-hybridized carbons (Fsp3) is 0.160. The van der Waals surface area contributed by atoms with Crippen molar-refractivity contribution in [1.82, 2.24) is 0 Å². The summed E-state index contributed by atoms with van der Waals surface area (Å²) in [5.41, 5.74) is 4.38. The van der Waals surface area contributed by atoms with Gasteiger partial charge in [-0.3, -0.25) is 0 Å². The molecule has 0 radical (unpaired) electrons. The van der Waals surface area contributed by atoms with Gasteiger partial charge in [0.25, 0.3) is 0 Å². The van der Waals surface area contributed by atoms with Gasteiger partial charge in [-0.05, 0) is 60.9 Å². The quantitative estimate of drug-likeness (QED) is 0.286. The SMILES string of the molecule is CCOc1cc(/C=C(/C#N)c2ccc(C)cc2)ccc1OCc1ccc(Cl)c(Cl)c1. The minimum atomic E-state index is 0.332. The van der Waals surface area contributed by atoms with Gasteiger partial charge in [0.1, 0.15) is 6.61 Å². The van der Waals surface area contributed by atoms with E-state index in [1.54, 1.807) is 12.1 Å². The van der Waals surface area contributed by atoms with Crippen molar-refractivity contribution in [3.8, 4) is 17.6 Å². The van der Waals surface area contributed by atoms with Crippen LogP contribution in [0.3, 0.4) is 0 Å². The van der Waals surface area contributed by atoms with Crippen molar-refractivity contribution in [3.63, 3.8) is 0 Å². The van der Waals surface area contributed by atoms with Crippen molar-refractivity contribution < 1.29 is 9.47 Å². The molecule has 0 aliphatic heterocycles. The molecule has 3 rings (SSSR count). The molecule has 3 aromatic carbocycles. The van der Waals surface area contributed by atoms with Crippen LogP contribution in [0.1, 0.15) is 29.2 Å². The average Bonchev–Trinajstić information content (AvgIpc) is 2.75. The molecule has 0 saturated carbocycles. The topological polar surface area (TPSA) is 42.2 Å². The van der Waals surface area contributed by atoms with Gasteiger partial charge in [-0.2, -0.15) is 5.26 Å². The normalized spacial score (nSPS) is 11.1. The number of halogens is 2. The van der Waals surface area contributed by atoms with Gasteiger partial charge in [-0.25, -0.2) is 0 Å². The summed E-state index contributed by atoms with van der Waals surface area (Å²) in [5, 5.41) is 10.6.